The molecule has 0 aliphatic heterocycles. The molecule has 1 heterocycles. The van der Waals surface area contributed by atoms with Gasteiger partial charge in [-0.2, -0.15) is 0 Å². The number of para-hydroxylation sites is 1. The monoisotopic (exact) mass is 377 g/mol. The molecule has 0 bridgehead atoms. The van der Waals surface area contributed by atoms with E-state index < -0.39 is 0 Å². The van der Waals surface area contributed by atoms with E-state index >= 15 is 0 Å². The van der Waals surface area contributed by atoms with Gasteiger partial charge in [0, 0.05) is 18.7 Å². The highest BCUT2D eigenvalue weighted by atomic mass is 16.3. The zero-order chi connectivity index (χ0) is 20.3. The second-order valence-electron chi connectivity index (χ2n) is 7.36. The molecule has 2 N–H and O–H groups in total. The van der Waals surface area contributed by atoms with Gasteiger partial charge < -0.3 is 14.8 Å². The number of rotatable bonds is 6. The van der Waals surface area contributed by atoms with Crippen LogP contribution in [0, 0.1) is 27.7 Å². The molecule has 28 heavy (non-hydrogen) atoms. The first-order chi connectivity index (χ1) is 13.4. The minimum absolute atomic E-state index is 0.0342. The van der Waals surface area contributed by atoms with E-state index in [2.05, 4.69) is 38.2 Å². The van der Waals surface area contributed by atoms with Crippen molar-refractivity contribution < 1.29 is 14.3 Å². The van der Waals surface area contributed by atoms with Crippen LogP contribution in [0.2, 0.25) is 0 Å². The fourth-order valence-corrected chi connectivity index (χ4v) is 3.67. The molecule has 3 rings (SSSR count). The minimum atomic E-state index is -0.280. The summed E-state index contributed by atoms with van der Waals surface area (Å²) in [5.74, 6) is 0.772. The zero-order valence-corrected chi connectivity index (χ0v) is 16.9. The van der Waals surface area contributed by atoms with Crippen molar-refractivity contribution in [2.75, 3.05) is 11.9 Å². The Balaban J connectivity index is 1.79. The topological polar surface area (TPSA) is 62.5 Å². The number of nitrogens with one attached hydrogen (secondary N) is 1. The van der Waals surface area contributed by atoms with Gasteiger partial charge in [0.1, 0.15) is 5.76 Å². The lowest BCUT2D eigenvalue weighted by Crippen LogP contribution is -2.14. The number of furan rings is 1. The van der Waals surface area contributed by atoms with Gasteiger partial charge in [0.2, 0.25) is 0 Å². The fourth-order valence-electron chi connectivity index (χ4n) is 3.67. The third kappa shape index (κ3) is 4.34. The van der Waals surface area contributed by atoms with Crippen molar-refractivity contribution in [3.8, 4) is 0 Å². The fraction of sp³-hybridized carbons (Fsp3) is 0.292. The predicted molar refractivity (Wildman–Crippen MR) is 112 cm³/mol. The second kappa shape index (κ2) is 8.44. The normalized spacial score (nSPS) is 10.9. The Kier molecular flexibility index (Phi) is 6.00. The summed E-state index contributed by atoms with van der Waals surface area (Å²) in [6.45, 7) is 8.27. The van der Waals surface area contributed by atoms with Crippen molar-refractivity contribution in [2.24, 2.45) is 0 Å². The molecule has 0 saturated heterocycles. The smallest absolute Gasteiger partial charge is 0.291 e. The number of aliphatic hydroxyl groups excluding tert-OH is 1. The molecule has 0 aliphatic carbocycles. The molecule has 0 saturated carbocycles. The molecule has 4 heteroatoms. The average Bonchev–Trinajstić information content (AvgIpc) is 3.10. The number of carbonyl (C=O) groups is 1. The van der Waals surface area contributed by atoms with Gasteiger partial charge in [-0.25, -0.2) is 0 Å². The summed E-state index contributed by atoms with van der Waals surface area (Å²) in [6, 6.07) is 13.7. The van der Waals surface area contributed by atoms with Crippen LogP contribution in [0.1, 0.15) is 49.7 Å². The second-order valence-corrected chi connectivity index (χ2v) is 7.36. The lowest BCUT2D eigenvalue weighted by atomic mass is 9.97. The van der Waals surface area contributed by atoms with Gasteiger partial charge >= 0.3 is 0 Å². The molecule has 0 fully saturated rings. The van der Waals surface area contributed by atoms with Gasteiger partial charge in [-0.1, -0.05) is 35.9 Å². The predicted octanol–water partition coefficient (Wildman–Crippen LogP) is 4.89. The summed E-state index contributed by atoms with van der Waals surface area (Å²) < 4.78 is 5.84. The van der Waals surface area contributed by atoms with Crippen molar-refractivity contribution >= 4 is 11.6 Å². The first-order valence-corrected chi connectivity index (χ1v) is 9.55. The Bertz CT molecular complexity index is 978. The number of hydrogen-bond donors (Lipinski definition) is 2. The van der Waals surface area contributed by atoms with Crippen molar-refractivity contribution in [3.63, 3.8) is 0 Å². The molecule has 0 radical (unpaired) electrons. The van der Waals surface area contributed by atoms with Gasteiger partial charge in [0.25, 0.3) is 5.91 Å². The third-order valence-corrected chi connectivity index (χ3v) is 5.06. The number of aryl methyl sites for hydroxylation is 4. The molecule has 0 aliphatic rings. The van der Waals surface area contributed by atoms with Crippen LogP contribution in [0.25, 0.3) is 0 Å². The van der Waals surface area contributed by atoms with Crippen LogP contribution < -0.4 is 5.32 Å². The molecule has 1 aromatic heterocycles. The zero-order valence-electron chi connectivity index (χ0n) is 16.9. The van der Waals surface area contributed by atoms with Crippen molar-refractivity contribution in [1.82, 2.24) is 0 Å². The van der Waals surface area contributed by atoms with Crippen molar-refractivity contribution in [3.05, 3.63) is 87.4 Å². The Hall–Kier alpha value is -2.85. The summed E-state index contributed by atoms with van der Waals surface area (Å²) in [5, 5.41) is 12.2. The van der Waals surface area contributed by atoms with Crippen LogP contribution in [-0.2, 0) is 12.8 Å². The van der Waals surface area contributed by atoms with Crippen LogP contribution >= 0.6 is 0 Å². The molecule has 146 valence electrons. The number of aliphatic hydroxyl groups is 1. The highest BCUT2D eigenvalue weighted by Crippen LogP contribution is 2.24. The summed E-state index contributed by atoms with van der Waals surface area (Å²) in [6.07, 6.45) is 1.15. The third-order valence-electron chi connectivity index (χ3n) is 5.06. The van der Waals surface area contributed by atoms with Gasteiger partial charge in [-0.3, -0.25) is 4.79 Å². The van der Waals surface area contributed by atoms with E-state index in [1.165, 1.54) is 22.3 Å². The van der Waals surface area contributed by atoms with Crippen LogP contribution in [0.5, 0.6) is 0 Å². The standard InChI is InChI=1S/C24H27NO3/c1-15-12-17(3)21(18(4)13-15)14-20-8-9-22(28-20)24(27)25-23-16(2)6-5-7-19(23)10-11-26/h5-9,12-13,26H,10-11,14H2,1-4H3,(H,25,27). The quantitative estimate of drug-likeness (QED) is 0.643. The highest BCUT2D eigenvalue weighted by Gasteiger charge is 2.16. The Morgan fingerprint density at radius 3 is 2.39 bits per heavy atom. The Labute approximate surface area is 166 Å². The van der Waals surface area contributed by atoms with E-state index in [1.54, 1.807) is 6.07 Å². The number of benzene rings is 2. The van der Waals surface area contributed by atoms with E-state index in [4.69, 9.17) is 4.42 Å². The maximum atomic E-state index is 12.7. The maximum Gasteiger partial charge on any atom is 0.291 e. The summed E-state index contributed by atoms with van der Waals surface area (Å²) >= 11 is 0. The summed E-state index contributed by atoms with van der Waals surface area (Å²) in [4.78, 5) is 12.7. The van der Waals surface area contributed by atoms with E-state index in [1.807, 2.05) is 31.2 Å². The van der Waals surface area contributed by atoms with E-state index in [9.17, 15) is 9.90 Å². The largest absolute Gasteiger partial charge is 0.456 e. The summed E-state index contributed by atoms with van der Waals surface area (Å²) in [5.41, 5.74) is 7.54. The SMILES string of the molecule is Cc1cc(C)c(Cc2ccc(C(=O)Nc3c(C)cccc3CCO)o2)c(C)c1. The number of anilines is 1. The minimum Gasteiger partial charge on any atom is -0.456 e. The first kappa shape index (κ1) is 19.9. The van der Waals surface area contributed by atoms with Gasteiger partial charge in [-0.05, 0) is 74.1 Å². The molecule has 0 atom stereocenters. The molecule has 3 aromatic rings. The van der Waals surface area contributed by atoms with E-state index in [-0.39, 0.29) is 18.3 Å². The van der Waals surface area contributed by atoms with Gasteiger partial charge in [0.15, 0.2) is 5.76 Å². The van der Waals surface area contributed by atoms with Crippen LogP contribution in [-0.4, -0.2) is 17.6 Å². The number of hydrogen-bond acceptors (Lipinski definition) is 3. The van der Waals surface area contributed by atoms with Crippen LogP contribution in [0.4, 0.5) is 5.69 Å². The first-order valence-electron chi connectivity index (χ1n) is 9.55. The van der Waals surface area contributed by atoms with E-state index in [0.717, 1.165) is 22.6 Å². The Morgan fingerprint density at radius 2 is 1.71 bits per heavy atom. The molecule has 0 unspecified atom stereocenters. The Morgan fingerprint density at radius 1 is 1.00 bits per heavy atom. The van der Waals surface area contributed by atoms with Crippen LogP contribution in [0.3, 0.4) is 0 Å². The number of amides is 1. The molecule has 1 amide bonds. The molecule has 0 spiro atoms. The maximum absolute atomic E-state index is 12.7. The van der Waals surface area contributed by atoms with Crippen molar-refractivity contribution in [1.29, 1.82) is 0 Å². The van der Waals surface area contributed by atoms with E-state index in [0.29, 0.717) is 12.8 Å². The van der Waals surface area contributed by atoms with Crippen molar-refractivity contribution in [2.45, 2.75) is 40.5 Å². The highest BCUT2D eigenvalue weighted by molar-refractivity contribution is 6.03. The summed E-state index contributed by atoms with van der Waals surface area (Å²) in [7, 11) is 0. The van der Waals surface area contributed by atoms with Crippen LogP contribution in [0.15, 0.2) is 46.9 Å². The molecule has 2 aromatic carbocycles. The molecular weight excluding hydrogens is 350 g/mol. The number of carbonyl (C=O) groups excluding carboxylic acids is 1. The molecule has 4 nitrogen and oxygen atoms in total. The lowest BCUT2D eigenvalue weighted by molar-refractivity contribution is 0.0995. The molecular formula is C24H27NO3. The average molecular weight is 377 g/mol. The van der Waals surface area contributed by atoms with Gasteiger partial charge in [-0.15, -0.1) is 0 Å². The van der Waals surface area contributed by atoms with Gasteiger partial charge in [0.05, 0.1) is 0 Å². The lowest BCUT2D eigenvalue weighted by Gasteiger charge is -2.12.